The van der Waals surface area contributed by atoms with Gasteiger partial charge in [0.25, 0.3) is 0 Å². The molecule has 2 atom stereocenters. The Balaban J connectivity index is 2.18. The van der Waals surface area contributed by atoms with Gasteiger partial charge in [-0.1, -0.05) is 0 Å². The SMILES string of the molecule is CC1CC(NCC(=O)O)CCO1. The standard InChI is InChI=1S/C8H15NO3/c1-6-4-7(2-3-12-6)9-5-8(10)11/h6-7,9H,2-5H2,1H3,(H,10,11). The van der Waals surface area contributed by atoms with Crippen molar-refractivity contribution in [2.24, 2.45) is 0 Å². The minimum absolute atomic E-state index is 0.0530. The van der Waals surface area contributed by atoms with Crippen molar-refractivity contribution in [3.8, 4) is 0 Å². The Morgan fingerprint density at radius 2 is 2.50 bits per heavy atom. The highest BCUT2D eigenvalue weighted by Gasteiger charge is 2.18. The minimum Gasteiger partial charge on any atom is -0.480 e. The normalized spacial score (nSPS) is 30.1. The summed E-state index contributed by atoms with van der Waals surface area (Å²) in [7, 11) is 0. The number of carboxylic acids is 1. The Morgan fingerprint density at radius 3 is 3.08 bits per heavy atom. The average molecular weight is 173 g/mol. The van der Waals surface area contributed by atoms with Gasteiger partial charge in [0.05, 0.1) is 12.6 Å². The maximum atomic E-state index is 10.2. The summed E-state index contributed by atoms with van der Waals surface area (Å²) in [5, 5.41) is 11.4. The second-order valence-electron chi connectivity index (χ2n) is 3.18. The topological polar surface area (TPSA) is 58.6 Å². The third-order valence-electron chi connectivity index (χ3n) is 2.03. The third-order valence-corrected chi connectivity index (χ3v) is 2.03. The summed E-state index contributed by atoms with van der Waals surface area (Å²) in [6, 6.07) is 0.310. The molecular formula is C8H15NO3. The summed E-state index contributed by atoms with van der Waals surface area (Å²) in [6.07, 6.45) is 2.08. The largest absolute Gasteiger partial charge is 0.480 e. The van der Waals surface area contributed by atoms with Crippen LogP contribution in [0.3, 0.4) is 0 Å². The number of carbonyl (C=O) groups is 1. The number of carboxylic acid groups (broad SMARTS) is 1. The van der Waals surface area contributed by atoms with E-state index >= 15 is 0 Å². The van der Waals surface area contributed by atoms with E-state index in [1.165, 1.54) is 0 Å². The van der Waals surface area contributed by atoms with E-state index in [-0.39, 0.29) is 12.6 Å². The molecule has 1 aliphatic heterocycles. The van der Waals surface area contributed by atoms with E-state index in [1.54, 1.807) is 0 Å². The van der Waals surface area contributed by atoms with Gasteiger partial charge < -0.3 is 15.2 Å². The highest BCUT2D eigenvalue weighted by molar-refractivity contribution is 5.69. The second-order valence-corrected chi connectivity index (χ2v) is 3.18. The van der Waals surface area contributed by atoms with E-state index in [0.717, 1.165) is 19.4 Å². The Hall–Kier alpha value is -0.610. The molecule has 1 rings (SSSR count). The van der Waals surface area contributed by atoms with Gasteiger partial charge in [-0.3, -0.25) is 4.79 Å². The van der Waals surface area contributed by atoms with Gasteiger partial charge >= 0.3 is 5.97 Å². The van der Waals surface area contributed by atoms with Crippen molar-refractivity contribution in [3.05, 3.63) is 0 Å². The molecule has 70 valence electrons. The molecule has 0 amide bonds. The van der Waals surface area contributed by atoms with Crippen LogP contribution in [0.2, 0.25) is 0 Å². The quantitative estimate of drug-likeness (QED) is 0.641. The molecule has 1 saturated heterocycles. The van der Waals surface area contributed by atoms with E-state index in [0.29, 0.717) is 6.04 Å². The van der Waals surface area contributed by atoms with Gasteiger partial charge in [0, 0.05) is 12.6 Å². The molecule has 4 heteroatoms. The van der Waals surface area contributed by atoms with Crippen LogP contribution in [0.4, 0.5) is 0 Å². The van der Waals surface area contributed by atoms with Gasteiger partial charge in [-0.2, -0.15) is 0 Å². The molecular weight excluding hydrogens is 158 g/mol. The summed E-state index contributed by atoms with van der Waals surface area (Å²) in [5.41, 5.74) is 0. The van der Waals surface area contributed by atoms with E-state index < -0.39 is 5.97 Å². The maximum Gasteiger partial charge on any atom is 0.317 e. The first-order valence-corrected chi connectivity index (χ1v) is 4.25. The fourth-order valence-corrected chi connectivity index (χ4v) is 1.42. The Kier molecular flexibility index (Phi) is 3.49. The van der Waals surface area contributed by atoms with Crippen LogP contribution in [-0.2, 0) is 9.53 Å². The van der Waals surface area contributed by atoms with Crippen molar-refractivity contribution >= 4 is 5.97 Å². The number of hydrogen-bond donors (Lipinski definition) is 2. The first-order chi connectivity index (χ1) is 5.68. The average Bonchev–Trinajstić information content (AvgIpc) is 2.01. The van der Waals surface area contributed by atoms with Crippen LogP contribution in [0.5, 0.6) is 0 Å². The van der Waals surface area contributed by atoms with Gasteiger partial charge in [0.2, 0.25) is 0 Å². The first-order valence-electron chi connectivity index (χ1n) is 4.25. The number of rotatable bonds is 3. The zero-order chi connectivity index (χ0) is 8.97. The highest BCUT2D eigenvalue weighted by Crippen LogP contribution is 2.12. The lowest BCUT2D eigenvalue weighted by atomic mass is 10.0. The summed E-state index contributed by atoms with van der Waals surface area (Å²) >= 11 is 0. The highest BCUT2D eigenvalue weighted by atomic mass is 16.5. The summed E-state index contributed by atoms with van der Waals surface area (Å²) in [6.45, 7) is 2.80. The van der Waals surface area contributed by atoms with E-state index in [9.17, 15) is 4.79 Å². The van der Waals surface area contributed by atoms with Crippen molar-refractivity contribution in [3.63, 3.8) is 0 Å². The molecule has 1 fully saturated rings. The molecule has 0 aliphatic carbocycles. The van der Waals surface area contributed by atoms with Crippen LogP contribution in [0.25, 0.3) is 0 Å². The molecule has 0 saturated carbocycles. The van der Waals surface area contributed by atoms with Crippen LogP contribution in [-0.4, -0.2) is 36.4 Å². The van der Waals surface area contributed by atoms with Gasteiger partial charge in [0.1, 0.15) is 0 Å². The van der Waals surface area contributed by atoms with E-state index in [4.69, 9.17) is 9.84 Å². The summed E-state index contributed by atoms with van der Waals surface area (Å²) in [4.78, 5) is 10.2. The second kappa shape index (κ2) is 4.42. The Morgan fingerprint density at radius 1 is 1.75 bits per heavy atom. The lowest BCUT2D eigenvalue weighted by Crippen LogP contribution is -2.40. The van der Waals surface area contributed by atoms with Gasteiger partial charge in [-0.15, -0.1) is 0 Å². The number of hydrogen-bond acceptors (Lipinski definition) is 3. The molecule has 0 aromatic carbocycles. The molecule has 12 heavy (non-hydrogen) atoms. The molecule has 1 aliphatic rings. The molecule has 0 radical (unpaired) electrons. The molecule has 0 bridgehead atoms. The van der Waals surface area contributed by atoms with Crippen molar-refractivity contribution in [2.45, 2.75) is 31.9 Å². The maximum absolute atomic E-state index is 10.2. The Labute approximate surface area is 71.9 Å². The molecule has 1 heterocycles. The Bertz CT molecular complexity index is 160. The molecule has 2 unspecified atom stereocenters. The summed E-state index contributed by atoms with van der Waals surface area (Å²) < 4.78 is 5.33. The molecule has 4 nitrogen and oxygen atoms in total. The van der Waals surface area contributed by atoms with Crippen molar-refractivity contribution < 1.29 is 14.6 Å². The van der Waals surface area contributed by atoms with Crippen LogP contribution >= 0.6 is 0 Å². The number of aliphatic carboxylic acids is 1. The first kappa shape index (κ1) is 9.48. The van der Waals surface area contributed by atoms with Gasteiger partial charge in [-0.25, -0.2) is 0 Å². The van der Waals surface area contributed by atoms with Crippen LogP contribution < -0.4 is 5.32 Å². The molecule has 0 aromatic heterocycles. The van der Waals surface area contributed by atoms with Gasteiger partial charge in [-0.05, 0) is 19.8 Å². The molecule has 0 spiro atoms. The molecule has 2 N–H and O–H groups in total. The number of nitrogens with one attached hydrogen (secondary N) is 1. The van der Waals surface area contributed by atoms with Crippen molar-refractivity contribution in [1.82, 2.24) is 5.32 Å². The van der Waals surface area contributed by atoms with E-state index in [2.05, 4.69) is 5.32 Å². The molecule has 0 aromatic rings. The van der Waals surface area contributed by atoms with Gasteiger partial charge in [0.15, 0.2) is 0 Å². The lowest BCUT2D eigenvalue weighted by Gasteiger charge is -2.27. The monoisotopic (exact) mass is 173 g/mol. The van der Waals surface area contributed by atoms with Crippen molar-refractivity contribution in [2.75, 3.05) is 13.2 Å². The van der Waals surface area contributed by atoms with E-state index in [1.807, 2.05) is 6.92 Å². The van der Waals surface area contributed by atoms with Crippen molar-refractivity contribution in [1.29, 1.82) is 0 Å². The fraction of sp³-hybridized carbons (Fsp3) is 0.875. The minimum atomic E-state index is -0.797. The summed E-state index contributed by atoms with van der Waals surface area (Å²) in [5.74, 6) is -0.797. The predicted molar refractivity (Wildman–Crippen MR) is 44.1 cm³/mol. The predicted octanol–water partition coefficient (Wildman–Crippen LogP) is 0.228. The van der Waals surface area contributed by atoms with Crippen LogP contribution in [0.1, 0.15) is 19.8 Å². The third kappa shape index (κ3) is 3.19. The zero-order valence-electron chi connectivity index (χ0n) is 7.25. The lowest BCUT2D eigenvalue weighted by molar-refractivity contribution is -0.136. The zero-order valence-corrected chi connectivity index (χ0v) is 7.25. The smallest absolute Gasteiger partial charge is 0.317 e. The van der Waals surface area contributed by atoms with Crippen LogP contribution in [0.15, 0.2) is 0 Å². The van der Waals surface area contributed by atoms with Crippen LogP contribution in [0, 0.1) is 0 Å². The fourth-order valence-electron chi connectivity index (χ4n) is 1.42. The number of ether oxygens (including phenoxy) is 1.